The minimum Gasteiger partial charge on any atom is -0.423 e. The van der Waals surface area contributed by atoms with Crippen molar-refractivity contribution < 1.29 is 9.21 Å². The van der Waals surface area contributed by atoms with Gasteiger partial charge in [0.1, 0.15) is 5.58 Å². The van der Waals surface area contributed by atoms with E-state index in [0.717, 1.165) is 22.2 Å². The number of benzene rings is 1. The lowest BCUT2D eigenvalue weighted by molar-refractivity contribution is -0.117. The fraction of sp³-hybridized carbons (Fsp3) is 0.235. The molecule has 0 unspecified atom stereocenters. The van der Waals surface area contributed by atoms with Gasteiger partial charge in [0.25, 0.3) is 0 Å². The van der Waals surface area contributed by atoms with Crippen molar-refractivity contribution in [3.8, 4) is 0 Å². The highest BCUT2D eigenvalue weighted by Crippen LogP contribution is 2.25. The highest BCUT2D eigenvalue weighted by atomic mass is 35.5. The van der Waals surface area contributed by atoms with Crippen molar-refractivity contribution in [3.05, 3.63) is 56.3 Å². The second-order valence-corrected chi connectivity index (χ2v) is 6.41. The van der Waals surface area contributed by atoms with Crippen molar-refractivity contribution in [2.75, 3.05) is 5.32 Å². The zero-order valence-corrected chi connectivity index (χ0v) is 15.4. The van der Waals surface area contributed by atoms with E-state index in [2.05, 4.69) is 10.3 Å². The number of nitrogens with zero attached hydrogens (tertiary/aromatic N) is 1. The Kier molecular flexibility index (Phi) is 5.94. The summed E-state index contributed by atoms with van der Waals surface area (Å²) in [5.74, 6) is -0.277. The molecular formula is C17H18ClN3O3S. The summed E-state index contributed by atoms with van der Waals surface area (Å²) in [6.45, 7) is 3.66. The first-order valence-corrected chi connectivity index (χ1v) is 8.37. The fourth-order valence-electron chi connectivity index (χ4n) is 2.48. The van der Waals surface area contributed by atoms with Crippen molar-refractivity contribution in [3.63, 3.8) is 0 Å². The molecule has 3 aromatic rings. The number of carbonyl (C=O) groups is 1. The van der Waals surface area contributed by atoms with E-state index in [1.807, 2.05) is 19.2 Å². The summed E-state index contributed by atoms with van der Waals surface area (Å²) < 4.78 is 5.20. The lowest BCUT2D eigenvalue weighted by Crippen LogP contribution is -2.37. The first-order chi connectivity index (χ1) is 11.4. The highest BCUT2D eigenvalue weighted by molar-refractivity contribution is 7.07. The predicted octanol–water partition coefficient (Wildman–Crippen LogP) is 2.80. The SMILES string of the molecule is Cc1cc2oc(=O)cc(C)c2cc1NC(=O)[C@@H](N)Cc1cscn1.Cl. The van der Waals surface area contributed by atoms with Crippen LogP contribution in [0.2, 0.25) is 0 Å². The minimum absolute atomic E-state index is 0. The largest absolute Gasteiger partial charge is 0.423 e. The molecule has 0 radical (unpaired) electrons. The van der Waals surface area contributed by atoms with E-state index in [1.54, 1.807) is 17.6 Å². The molecule has 132 valence electrons. The Morgan fingerprint density at radius 3 is 2.76 bits per heavy atom. The van der Waals surface area contributed by atoms with Crippen LogP contribution in [0.25, 0.3) is 11.0 Å². The van der Waals surface area contributed by atoms with Crippen LogP contribution in [0.4, 0.5) is 5.69 Å². The Bertz CT molecular complexity index is 954. The van der Waals surface area contributed by atoms with Crippen LogP contribution in [0.3, 0.4) is 0 Å². The van der Waals surface area contributed by atoms with Gasteiger partial charge in [-0.3, -0.25) is 4.79 Å². The number of hydrogen-bond donors (Lipinski definition) is 2. The summed E-state index contributed by atoms with van der Waals surface area (Å²) in [6.07, 6.45) is 0.385. The van der Waals surface area contributed by atoms with Crippen LogP contribution < -0.4 is 16.7 Å². The van der Waals surface area contributed by atoms with Gasteiger partial charge in [0.15, 0.2) is 0 Å². The van der Waals surface area contributed by atoms with Crippen LogP contribution in [-0.4, -0.2) is 16.9 Å². The monoisotopic (exact) mass is 379 g/mol. The van der Waals surface area contributed by atoms with Crippen molar-refractivity contribution in [1.29, 1.82) is 0 Å². The van der Waals surface area contributed by atoms with Gasteiger partial charge < -0.3 is 15.5 Å². The molecule has 25 heavy (non-hydrogen) atoms. The van der Waals surface area contributed by atoms with Gasteiger partial charge in [-0.15, -0.1) is 23.7 Å². The van der Waals surface area contributed by atoms with Gasteiger partial charge in [0.2, 0.25) is 5.91 Å². The maximum Gasteiger partial charge on any atom is 0.336 e. The smallest absolute Gasteiger partial charge is 0.336 e. The van der Waals surface area contributed by atoms with Crippen molar-refractivity contribution in [2.24, 2.45) is 5.73 Å². The Morgan fingerprint density at radius 2 is 2.08 bits per heavy atom. The Hall–Kier alpha value is -2.22. The third-order valence-electron chi connectivity index (χ3n) is 3.80. The summed E-state index contributed by atoms with van der Waals surface area (Å²) in [7, 11) is 0. The molecule has 0 bridgehead atoms. The molecule has 2 heterocycles. The molecule has 0 spiro atoms. The number of hydrogen-bond acceptors (Lipinski definition) is 6. The van der Waals surface area contributed by atoms with Crippen molar-refractivity contribution >= 4 is 46.3 Å². The molecule has 0 fully saturated rings. The summed E-state index contributed by atoms with van der Waals surface area (Å²) in [6, 6.07) is 4.29. The Labute approximate surface area is 154 Å². The van der Waals surface area contributed by atoms with E-state index in [4.69, 9.17) is 10.2 Å². The third-order valence-corrected chi connectivity index (χ3v) is 4.44. The van der Waals surface area contributed by atoms with Crippen LogP contribution in [0.1, 0.15) is 16.8 Å². The summed E-state index contributed by atoms with van der Waals surface area (Å²) in [4.78, 5) is 27.9. The predicted molar refractivity (Wildman–Crippen MR) is 102 cm³/mol. The van der Waals surface area contributed by atoms with Gasteiger partial charge in [-0.25, -0.2) is 9.78 Å². The number of aromatic nitrogens is 1. The molecule has 1 atom stereocenters. The minimum atomic E-state index is -0.683. The van der Waals surface area contributed by atoms with Crippen molar-refractivity contribution in [1.82, 2.24) is 4.98 Å². The number of rotatable bonds is 4. The summed E-state index contributed by atoms with van der Waals surface area (Å²) in [5, 5.41) is 5.50. The number of fused-ring (bicyclic) bond motifs is 1. The Balaban J connectivity index is 0.00000225. The van der Waals surface area contributed by atoms with Crippen LogP contribution in [0.5, 0.6) is 0 Å². The molecule has 0 saturated carbocycles. The van der Waals surface area contributed by atoms with Crippen LogP contribution in [0, 0.1) is 13.8 Å². The van der Waals surface area contributed by atoms with Crippen LogP contribution in [0.15, 0.2) is 38.3 Å². The number of carbonyl (C=O) groups excluding carboxylic acids is 1. The molecule has 0 aliphatic rings. The molecule has 1 aromatic carbocycles. The van der Waals surface area contributed by atoms with Gasteiger partial charge in [-0.1, -0.05) is 0 Å². The zero-order valence-electron chi connectivity index (χ0n) is 13.7. The van der Waals surface area contributed by atoms with E-state index in [-0.39, 0.29) is 23.9 Å². The number of amides is 1. The first-order valence-electron chi connectivity index (χ1n) is 7.42. The second kappa shape index (κ2) is 7.77. The van der Waals surface area contributed by atoms with Gasteiger partial charge in [0, 0.05) is 28.9 Å². The molecule has 8 heteroatoms. The standard InChI is InChI=1S/C17H17N3O3S.ClH/c1-9-4-16(21)23-15-3-10(2)14(6-12(9)15)20-17(22)13(18)5-11-7-24-8-19-11;/h3-4,6-8,13H,5,18H2,1-2H3,(H,20,22);1H/t13-;/m0./s1. The Morgan fingerprint density at radius 1 is 1.32 bits per heavy atom. The van der Waals surface area contributed by atoms with Gasteiger partial charge in [-0.05, 0) is 37.1 Å². The van der Waals surface area contributed by atoms with Gasteiger partial charge in [-0.2, -0.15) is 0 Å². The average molecular weight is 380 g/mol. The second-order valence-electron chi connectivity index (χ2n) is 5.69. The molecular weight excluding hydrogens is 362 g/mol. The van der Waals surface area contributed by atoms with E-state index < -0.39 is 6.04 Å². The number of aryl methyl sites for hydroxylation is 2. The van der Waals surface area contributed by atoms with E-state index in [1.165, 1.54) is 17.4 Å². The number of nitrogens with two attached hydrogens (primary N) is 1. The van der Waals surface area contributed by atoms with Crippen molar-refractivity contribution in [2.45, 2.75) is 26.3 Å². The maximum atomic E-state index is 12.3. The topological polar surface area (TPSA) is 98.2 Å². The van der Waals surface area contributed by atoms with Crippen LogP contribution >= 0.6 is 23.7 Å². The average Bonchev–Trinajstić information content (AvgIpc) is 3.01. The van der Waals surface area contributed by atoms with Gasteiger partial charge in [0.05, 0.1) is 17.2 Å². The number of nitrogens with one attached hydrogen (secondary N) is 1. The summed E-state index contributed by atoms with van der Waals surface area (Å²) >= 11 is 1.47. The molecule has 3 rings (SSSR count). The third kappa shape index (κ3) is 4.25. The highest BCUT2D eigenvalue weighted by Gasteiger charge is 2.17. The molecule has 0 saturated heterocycles. The molecule has 6 nitrogen and oxygen atoms in total. The van der Waals surface area contributed by atoms with E-state index >= 15 is 0 Å². The van der Waals surface area contributed by atoms with E-state index in [0.29, 0.717) is 17.7 Å². The molecule has 2 aromatic heterocycles. The maximum absolute atomic E-state index is 12.3. The van der Waals surface area contributed by atoms with Crippen LogP contribution in [-0.2, 0) is 11.2 Å². The molecule has 1 amide bonds. The van der Waals surface area contributed by atoms with E-state index in [9.17, 15) is 9.59 Å². The molecule has 0 aliphatic heterocycles. The molecule has 0 aliphatic carbocycles. The lowest BCUT2D eigenvalue weighted by atomic mass is 10.1. The number of halogens is 1. The normalized spacial score (nSPS) is 11.8. The fourth-order valence-corrected chi connectivity index (χ4v) is 3.05. The number of thiazole rings is 1. The lowest BCUT2D eigenvalue weighted by Gasteiger charge is -2.14. The number of anilines is 1. The summed E-state index contributed by atoms with van der Waals surface area (Å²) in [5.41, 5.74) is 10.8. The first kappa shape index (κ1) is 19.1. The zero-order chi connectivity index (χ0) is 17.3. The molecule has 3 N–H and O–H groups in total. The quantitative estimate of drug-likeness (QED) is 0.679. The van der Waals surface area contributed by atoms with Gasteiger partial charge >= 0.3 is 5.63 Å².